The lowest BCUT2D eigenvalue weighted by atomic mass is 10.3. The highest BCUT2D eigenvalue weighted by Crippen LogP contribution is 2.34. The van der Waals surface area contributed by atoms with E-state index in [0.29, 0.717) is 16.4 Å². The van der Waals surface area contributed by atoms with E-state index in [1.807, 2.05) is 30.3 Å². The Kier molecular flexibility index (Phi) is 6.74. The lowest BCUT2D eigenvalue weighted by molar-refractivity contribution is -0.117. The second-order valence-corrected chi connectivity index (χ2v) is 8.19. The average molecular weight is 487 g/mol. The number of aromatic nitrogens is 2. The molecule has 0 aliphatic heterocycles. The van der Waals surface area contributed by atoms with Gasteiger partial charge in [-0.25, -0.2) is 8.78 Å². The zero-order valence-corrected chi connectivity index (χ0v) is 17.8. The summed E-state index contributed by atoms with van der Waals surface area (Å²) < 4.78 is 27.4. The molecular formula is C19H15BrClF2N3OS. The smallest absolute Gasteiger partial charge is 0.283 e. The van der Waals surface area contributed by atoms with E-state index < -0.39 is 6.43 Å². The molecule has 1 N–H and O–H groups in total. The lowest BCUT2D eigenvalue weighted by Crippen LogP contribution is -2.20. The van der Waals surface area contributed by atoms with Crippen molar-refractivity contribution < 1.29 is 13.6 Å². The summed E-state index contributed by atoms with van der Waals surface area (Å²) in [4.78, 5) is 14.3. The number of amides is 1. The number of anilines is 1. The van der Waals surface area contributed by atoms with Gasteiger partial charge in [0.1, 0.15) is 12.2 Å². The Morgan fingerprint density at radius 2 is 1.93 bits per heavy atom. The second kappa shape index (κ2) is 9.07. The van der Waals surface area contributed by atoms with E-state index in [0.717, 1.165) is 9.79 Å². The van der Waals surface area contributed by atoms with Crippen LogP contribution < -0.4 is 5.32 Å². The molecule has 9 heteroatoms. The first-order chi connectivity index (χ1) is 13.3. The molecule has 3 aromatic rings. The molecule has 0 unspecified atom stereocenters. The second-order valence-electron chi connectivity index (χ2n) is 5.84. The van der Waals surface area contributed by atoms with Crippen LogP contribution in [0.25, 0.3) is 0 Å². The summed E-state index contributed by atoms with van der Waals surface area (Å²) in [7, 11) is 0. The molecule has 0 atom stereocenters. The van der Waals surface area contributed by atoms with Crippen LogP contribution in [0.2, 0.25) is 5.02 Å². The van der Waals surface area contributed by atoms with E-state index in [4.69, 9.17) is 11.6 Å². The maximum absolute atomic E-state index is 13.0. The molecule has 1 aromatic heterocycles. The monoisotopic (exact) mass is 485 g/mol. The molecule has 0 saturated heterocycles. The zero-order valence-electron chi connectivity index (χ0n) is 14.6. The molecular weight excluding hydrogens is 472 g/mol. The first-order valence-electron chi connectivity index (χ1n) is 8.18. The van der Waals surface area contributed by atoms with Gasteiger partial charge < -0.3 is 5.32 Å². The molecule has 0 bridgehead atoms. The number of nitrogens with one attached hydrogen (secondary N) is 1. The number of carbonyl (C=O) groups is 1. The Morgan fingerprint density at radius 1 is 1.25 bits per heavy atom. The summed E-state index contributed by atoms with van der Waals surface area (Å²) >= 11 is 10.5. The van der Waals surface area contributed by atoms with Crippen molar-refractivity contribution in [1.29, 1.82) is 0 Å². The van der Waals surface area contributed by atoms with Gasteiger partial charge in [0, 0.05) is 14.8 Å². The van der Waals surface area contributed by atoms with Crippen molar-refractivity contribution in [3.05, 3.63) is 69.4 Å². The van der Waals surface area contributed by atoms with Gasteiger partial charge in [0.15, 0.2) is 0 Å². The summed E-state index contributed by atoms with van der Waals surface area (Å²) in [6, 6.07) is 14.7. The average Bonchev–Trinajstić information content (AvgIpc) is 2.94. The third-order valence-electron chi connectivity index (χ3n) is 3.86. The van der Waals surface area contributed by atoms with Crippen molar-refractivity contribution in [1.82, 2.24) is 9.78 Å². The van der Waals surface area contributed by atoms with Crippen LogP contribution in [0.1, 0.15) is 17.8 Å². The third kappa shape index (κ3) is 4.92. The molecule has 0 saturated carbocycles. The van der Waals surface area contributed by atoms with Crippen LogP contribution in [0.4, 0.5) is 14.5 Å². The maximum Gasteiger partial charge on any atom is 0.283 e. The molecule has 0 fully saturated rings. The Bertz CT molecular complexity index is 995. The molecule has 0 spiro atoms. The first kappa shape index (κ1) is 20.8. The minimum Gasteiger partial charge on any atom is -0.323 e. The molecule has 0 radical (unpaired) electrons. The van der Waals surface area contributed by atoms with Gasteiger partial charge in [0.2, 0.25) is 5.91 Å². The minimum absolute atomic E-state index is 0.170. The Labute approximate surface area is 178 Å². The lowest BCUT2D eigenvalue weighted by Gasteiger charge is -2.11. The number of carbonyl (C=O) groups excluding carboxylic acids is 1. The predicted molar refractivity (Wildman–Crippen MR) is 110 cm³/mol. The van der Waals surface area contributed by atoms with E-state index in [2.05, 4.69) is 26.3 Å². The summed E-state index contributed by atoms with van der Waals surface area (Å²) in [5.74, 6) is -0.358. The SMILES string of the molecule is Cc1c(Br)c(C(F)F)nn1CC(=O)Nc1ccccc1Sc1ccc(Cl)cc1. The van der Waals surface area contributed by atoms with Gasteiger partial charge in [-0.05, 0) is 59.3 Å². The fourth-order valence-corrected chi connectivity index (χ4v) is 3.94. The molecule has 28 heavy (non-hydrogen) atoms. The fraction of sp³-hybridized carbons (Fsp3) is 0.158. The molecule has 146 valence electrons. The number of halogens is 4. The Hall–Kier alpha value is -1.90. The van der Waals surface area contributed by atoms with Gasteiger partial charge in [0.25, 0.3) is 6.43 Å². The molecule has 0 aliphatic rings. The molecule has 0 aliphatic carbocycles. The summed E-state index contributed by atoms with van der Waals surface area (Å²) in [6.07, 6.45) is -2.71. The van der Waals surface area contributed by atoms with Gasteiger partial charge in [-0.15, -0.1) is 0 Å². The van der Waals surface area contributed by atoms with Crippen LogP contribution in [0.3, 0.4) is 0 Å². The number of nitrogens with zero attached hydrogens (tertiary/aromatic N) is 2. The highest BCUT2D eigenvalue weighted by atomic mass is 79.9. The predicted octanol–water partition coefficient (Wildman–Crippen LogP) is 6.33. The van der Waals surface area contributed by atoms with Crippen molar-refractivity contribution in [2.45, 2.75) is 29.7 Å². The number of hydrogen-bond donors (Lipinski definition) is 1. The molecule has 4 nitrogen and oxygen atoms in total. The zero-order chi connectivity index (χ0) is 20.3. The van der Waals surface area contributed by atoms with Gasteiger partial charge >= 0.3 is 0 Å². The van der Waals surface area contributed by atoms with E-state index in [1.54, 1.807) is 25.1 Å². The van der Waals surface area contributed by atoms with Gasteiger partial charge in [0.05, 0.1) is 15.9 Å². The molecule has 1 amide bonds. The fourth-order valence-electron chi connectivity index (χ4n) is 2.46. The number of rotatable bonds is 6. The van der Waals surface area contributed by atoms with Gasteiger partial charge in [-0.2, -0.15) is 5.10 Å². The normalized spacial score (nSPS) is 11.1. The van der Waals surface area contributed by atoms with Crippen molar-refractivity contribution in [2.75, 3.05) is 5.32 Å². The summed E-state index contributed by atoms with van der Waals surface area (Å²) in [6.45, 7) is 1.46. The Balaban J connectivity index is 1.74. The van der Waals surface area contributed by atoms with Crippen molar-refractivity contribution in [3.63, 3.8) is 0 Å². The quantitative estimate of drug-likeness (QED) is 0.442. The highest BCUT2D eigenvalue weighted by Gasteiger charge is 2.21. The van der Waals surface area contributed by atoms with Gasteiger partial charge in [-0.1, -0.05) is 35.5 Å². The van der Waals surface area contributed by atoms with Crippen molar-refractivity contribution in [3.8, 4) is 0 Å². The summed E-state index contributed by atoms with van der Waals surface area (Å²) in [5, 5.41) is 7.30. The Morgan fingerprint density at radius 3 is 2.57 bits per heavy atom. The van der Waals surface area contributed by atoms with E-state index >= 15 is 0 Å². The van der Waals surface area contributed by atoms with Crippen LogP contribution in [-0.2, 0) is 11.3 Å². The van der Waals surface area contributed by atoms with Crippen LogP contribution in [0.15, 0.2) is 62.8 Å². The van der Waals surface area contributed by atoms with Crippen molar-refractivity contribution in [2.24, 2.45) is 0 Å². The van der Waals surface area contributed by atoms with E-state index in [-0.39, 0.29) is 22.6 Å². The van der Waals surface area contributed by atoms with E-state index in [9.17, 15) is 13.6 Å². The number of benzene rings is 2. The number of alkyl halides is 2. The number of para-hydroxylation sites is 1. The maximum atomic E-state index is 13.0. The topological polar surface area (TPSA) is 46.9 Å². The summed E-state index contributed by atoms with van der Waals surface area (Å²) in [5.41, 5.74) is 0.726. The molecule has 2 aromatic carbocycles. The van der Waals surface area contributed by atoms with Crippen LogP contribution >= 0.6 is 39.3 Å². The third-order valence-corrected chi connectivity index (χ3v) is 6.18. The highest BCUT2D eigenvalue weighted by molar-refractivity contribution is 9.10. The van der Waals surface area contributed by atoms with E-state index in [1.165, 1.54) is 16.4 Å². The van der Waals surface area contributed by atoms with Crippen molar-refractivity contribution >= 4 is 50.9 Å². The van der Waals surface area contributed by atoms with Crippen LogP contribution in [0.5, 0.6) is 0 Å². The first-order valence-corrected chi connectivity index (χ1v) is 10.2. The molecule has 3 rings (SSSR count). The standard InChI is InChI=1S/C19H15BrClF2N3OS/c1-11-17(20)18(19(22)23)25-26(11)10-16(27)24-14-4-2-3-5-15(14)28-13-8-6-12(21)7-9-13/h2-9,19H,10H2,1H3,(H,24,27). The largest absolute Gasteiger partial charge is 0.323 e. The molecule has 1 heterocycles. The van der Waals surface area contributed by atoms with Crippen LogP contribution in [-0.4, -0.2) is 15.7 Å². The van der Waals surface area contributed by atoms with Gasteiger partial charge in [-0.3, -0.25) is 9.48 Å². The number of hydrogen-bond acceptors (Lipinski definition) is 3. The van der Waals surface area contributed by atoms with Crippen LogP contribution in [0, 0.1) is 6.92 Å². The minimum atomic E-state index is -2.71.